The van der Waals surface area contributed by atoms with Crippen LogP contribution in [0.4, 0.5) is 0 Å². The molecule has 0 aliphatic carbocycles. The third-order valence-electron chi connectivity index (χ3n) is 1.88. The van der Waals surface area contributed by atoms with Gasteiger partial charge in [-0.3, -0.25) is 0 Å². The average Bonchev–Trinajstić information content (AvgIpc) is 2.67. The van der Waals surface area contributed by atoms with E-state index in [0.29, 0.717) is 5.69 Å². The van der Waals surface area contributed by atoms with Crippen LogP contribution in [-0.2, 0) is 0 Å². The Morgan fingerprint density at radius 2 is 2.00 bits per heavy atom. The third-order valence-corrected chi connectivity index (χ3v) is 3.22. The van der Waals surface area contributed by atoms with Gasteiger partial charge in [0.2, 0.25) is 0 Å². The molecule has 0 aliphatic heterocycles. The van der Waals surface area contributed by atoms with Crippen LogP contribution in [0.5, 0.6) is 0 Å². The van der Waals surface area contributed by atoms with E-state index >= 15 is 0 Å². The van der Waals surface area contributed by atoms with Crippen molar-refractivity contribution < 1.29 is 9.90 Å². The largest absolute Gasteiger partial charge is 0.477 e. The van der Waals surface area contributed by atoms with Crippen LogP contribution in [0.15, 0.2) is 34.2 Å². The number of nitrogens with zero attached hydrogens (tertiary/aromatic N) is 1. The quantitative estimate of drug-likeness (QED) is 0.920. The first-order valence-corrected chi connectivity index (χ1v) is 5.78. The number of aromatic nitrogens is 1. The number of thiazole rings is 1. The van der Waals surface area contributed by atoms with Crippen LogP contribution >= 0.6 is 27.3 Å². The summed E-state index contributed by atoms with van der Waals surface area (Å²) in [4.78, 5) is 15.2. The Labute approximate surface area is 98.5 Å². The van der Waals surface area contributed by atoms with E-state index in [4.69, 9.17) is 5.11 Å². The molecule has 3 nitrogen and oxygen atoms in total. The molecule has 2 aromatic rings. The molecule has 0 saturated heterocycles. The molecule has 0 radical (unpaired) electrons. The Kier molecular flexibility index (Phi) is 2.83. The van der Waals surface area contributed by atoms with Crippen LogP contribution < -0.4 is 0 Å². The van der Waals surface area contributed by atoms with E-state index in [9.17, 15) is 4.79 Å². The maximum Gasteiger partial charge on any atom is 0.348 e. The van der Waals surface area contributed by atoms with Crippen molar-refractivity contribution in [1.29, 1.82) is 0 Å². The Bertz CT molecular complexity index is 492. The second-order valence-corrected chi connectivity index (χ2v) is 4.61. The van der Waals surface area contributed by atoms with Crippen LogP contribution in [0.25, 0.3) is 11.3 Å². The Morgan fingerprint density at radius 1 is 1.33 bits per heavy atom. The predicted octanol–water partition coefficient (Wildman–Crippen LogP) is 3.27. The van der Waals surface area contributed by atoms with Crippen LogP contribution in [0.3, 0.4) is 0 Å². The standard InChI is InChI=1S/C10H6BrNO2S/c11-7-3-1-6(2-4-7)8-9(10(13)14)15-5-12-8/h1-5H,(H,13,14). The summed E-state index contributed by atoms with van der Waals surface area (Å²) in [6.07, 6.45) is 0. The molecule has 0 atom stereocenters. The number of carbonyl (C=O) groups is 1. The van der Waals surface area contributed by atoms with Gasteiger partial charge < -0.3 is 5.11 Å². The fraction of sp³-hybridized carbons (Fsp3) is 0. The molecule has 0 spiro atoms. The molecule has 1 aromatic heterocycles. The fourth-order valence-corrected chi connectivity index (χ4v) is 2.12. The molecule has 0 aliphatic rings. The van der Waals surface area contributed by atoms with Gasteiger partial charge in [0.15, 0.2) is 0 Å². The van der Waals surface area contributed by atoms with E-state index in [1.807, 2.05) is 24.3 Å². The molecule has 76 valence electrons. The van der Waals surface area contributed by atoms with Crippen molar-refractivity contribution in [3.8, 4) is 11.3 Å². The lowest BCUT2D eigenvalue weighted by Crippen LogP contribution is -1.95. The molecular formula is C10H6BrNO2S. The number of hydrogen-bond donors (Lipinski definition) is 1. The van der Waals surface area contributed by atoms with Gasteiger partial charge in [0.1, 0.15) is 4.88 Å². The summed E-state index contributed by atoms with van der Waals surface area (Å²) >= 11 is 4.46. The highest BCUT2D eigenvalue weighted by Crippen LogP contribution is 2.26. The monoisotopic (exact) mass is 283 g/mol. The Balaban J connectivity index is 2.49. The summed E-state index contributed by atoms with van der Waals surface area (Å²) in [6, 6.07) is 7.40. The molecular weight excluding hydrogens is 278 g/mol. The van der Waals surface area contributed by atoms with E-state index in [-0.39, 0.29) is 4.88 Å². The number of hydrogen-bond acceptors (Lipinski definition) is 3. The minimum atomic E-state index is -0.935. The SMILES string of the molecule is O=C(O)c1scnc1-c1ccc(Br)cc1. The Morgan fingerprint density at radius 3 is 2.60 bits per heavy atom. The summed E-state index contributed by atoms with van der Waals surface area (Å²) in [6.45, 7) is 0. The van der Waals surface area contributed by atoms with Crippen molar-refractivity contribution in [3.63, 3.8) is 0 Å². The minimum absolute atomic E-state index is 0.275. The number of benzene rings is 1. The second-order valence-electron chi connectivity index (χ2n) is 2.84. The zero-order valence-electron chi connectivity index (χ0n) is 7.48. The van der Waals surface area contributed by atoms with Gasteiger partial charge in [0.25, 0.3) is 0 Å². The molecule has 15 heavy (non-hydrogen) atoms. The molecule has 0 saturated carbocycles. The van der Waals surface area contributed by atoms with Gasteiger partial charge in [-0.05, 0) is 12.1 Å². The van der Waals surface area contributed by atoms with E-state index in [0.717, 1.165) is 21.4 Å². The molecule has 1 aromatic carbocycles. The van der Waals surface area contributed by atoms with Crippen molar-refractivity contribution in [3.05, 3.63) is 39.1 Å². The highest BCUT2D eigenvalue weighted by molar-refractivity contribution is 9.10. The van der Waals surface area contributed by atoms with E-state index < -0.39 is 5.97 Å². The third kappa shape index (κ3) is 2.08. The van der Waals surface area contributed by atoms with E-state index in [2.05, 4.69) is 20.9 Å². The molecule has 0 unspecified atom stereocenters. The summed E-state index contributed by atoms with van der Waals surface area (Å²) in [7, 11) is 0. The van der Waals surface area contributed by atoms with Gasteiger partial charge >= 0.3 is 5.97 Å². The van der Waals surface area contributed by atoms with E-state index in [1.165, 1.54) is 0 Å². The van der Waals surface area contributed by atoms with Crippen molar-refractivity contribution in [2.75, 3.05) is 0 Å². The van der Waals surface area contributed by atoms with Crippen LogP contribution in [0.2, 0.25) is 0 Å². The van der Waals surface area contributed by atoms with Crippen LogP contribution in [0, 0.1) is 0 Å². The lowest BCUT2D eigenvalue weighted by Gasteiger charge is -1.98. The average molecular weight is 284 g/mol. The highest BCUT2D eigenvalue weighted by atomic mass is 79.9. The number of carboxylic acids is 1. The molecule has 2 rings (SSSR count). The predicted molar refractivity (Wildman–Crippen MR) is 62.2 cm³/mol. The molecule has 0 amide bonds. The maximum atomic E-state index is 10.9. The zero-order valence-corrected chi connectivity index (χ0v) is 9.88. The van der Waals surface area contributed by atoms with Gasteiger partial charge in [0.05, 0.1) is 11.2 Å². The summed E-state index contributed by atoms with van der Waals surface area (Å²) in [5, 5.41) is 8.93. The van der Waals surface area contributed by atoms with Crippen molar-refractivity contribution >= 4 is 33.2 Å². The minimum Gasteiger partial charge on any atom is -0.477 e. The number of aromatic carboxylic acids is 1. The normalized spacial score (nSPS) is 10.2. The summed E-state index contributed by atoms with van der Waals surface area (Å²) in [5.74, 6) is -0.935. The molecule has 0 fully saturated rings. The lowest BCUT2D eigenvalue weighted by molar-refractivity contribution is 0.0702. The topological polar surface area (TPSA) is 50.2 Å². The van der Waals surface area contributed by atoms with Crippen LogP contribution in [0.1, 0.15) is 9.67 Å². The smallest absolute Gasteiger partial charge is 0.348 e. The van der Waals surface area contributed by atoms with Crippen molar-refractivity contribution in [2.24, 2.45) is 0 Å². The maximum absolute atomic E-state index is 10.9. The first-order valence-electron chi connectivity index (χ1n) is 4.11. The number of halogens is 1. The van der Waals surface area contributed by atoms with Gasteiger partial charge in [-0.1, -0.05) is 28.1 Å². The second kappa shape index (κ2) is 4.12. The first kappa shape index (κ1) is 10.3. The van der Waals surface area contributed by atoms with E-state index in [1.54, 1.807) is 5.51 Å². The van der Waals surface area contributed by atoms with Gasteiger partial charge in [0, 0.05) is 10.0 Å². The van der Waals surface area contributed by atoms with Gasteiger partial charge in [-0.25, -0.2) is 9.78 Å². The lowest BCUT2D eigenvalue weighted by atomic mass is 10.1. The first-order chi connectivity index (χ1) is 7.18. The van der Waals surface area contributed by atoms with Gasteiger partial charge in [-0.2, -0.15) is 0 Å². The van der Waals surface area contributed by atoms with Crippen molar-refractivity contribution in [2.45, 2.75) is 0 Å². The fourth-order valence-electron chi connectivity index (χ4n) is 1.21. The summed E-state index contributed by atoms with van der Waals surface area (Å²) < 4.78 is 0.957. The molecule has 1 N–H and O–H groups in total. The van der Waals surface area contributed by atoms with Crippen LogP contribution in [-0.4, -0.2) is 16.1 Å². The highest BCUT2D eigenvalue weighted by Gasteiger charge is 2.14. The van der Waals surface area contributed by atoms with Gasteiger partial charge in [-0.15, -0.1) is 11.3 Å². The molecule has 1 heterocycles. The molecule has 5 heteroatoms. The number of rotatable bonds is 2. The Hall–Kier alpha value is -1.20. The summed E-state index contributed by atoms with van der Waals surface area (Å²) in [5.41, 5.74) is 2.89. The number of carboxylic acid groups (broad SMARTS) is 1. The zero-order chi connectivity index (χ0) is 10.8. The molecule has 0 bridgehead atoms. The van der Waals surface area contributed by atoms with Crippen molar-refractivity contribution in [1.82, 2.24) is 4.98 Å².